The number of allylic oxidation sites excluding steroid dienone is 4. The predicted octanol–water partition coefficient (Wildman–Crippen LogP) is 22.0. The molecule has 0 radical (unpaired) electrons. The van der Waals surface area contributed by atoms with E-state index in [0.29, 0.717) is 25.7 Å². The van der Waals surface area contributed by atoms with Gasteiger partial charge in [-0.05, 0) is 57.3 Å². The summed E-state index contributed by atoms with van der Waals surface area (Å²) in [5.41, 5.74) is 0. The van der Waals surface area contributed by atoms with Crippen molar-refractivity contribution in [1.82, 2.24) is 0 Å². The molecule has 0 aliphatic heterocycles. The van der Waals surface area contributed by atoms with Gasteiger partial charge in [-0.25, -0.2) is 9.13 Å². The summed E-state index contributed by atoms with van der Waals surface area (Å²) < 4.78 is 68.4. The molecule has 0 aromatic carbocycles. The van der Waals surface area contributed by atoms with Crippen molar-refractivity contribution in [3.63, 3.8) is 0 Å². The summed E-state index contributed by atoms with van der Waals surface area (Å²) in [7, 11) is -9.91. The standard InChI is InChI=1S/C76H144O17P2/c1-6-9-12-15-18-21-23-24-29-33-37-40-45-50-55-60-74(79)87-66-72(93-76(81)62-57-52-47-42-38-34-31-28-26-25-27-30-32-36-39-43-48-53-58-69(4)5)68-91-95(84,85)89-64-70(77)63-88-94(82,83)90-67-71(65-86-73(78)59-54-49-44-20-17-14-11-8-3)92-75(80)61-56-51-46-41-35-22-19-16-13-10-7-2/h21,23-24,29,69-72,77H,6-20,22,25-28,30-68H2,1-5H3,(H,82,83)(H,84,85)/b23-21-,29-24-/t70-,71+,72+/m0/s1. The molecule has 5 atom stereocenters. The van der Waals surface area contributed by atoms with Gasteiger partial charge in [0, 0.05) is 25.7 Å². The molecule has 0 aromatic heterocycles. The summed E-state index contributed by atoms with van der Waals surface area (Å²) in [6, 6.07) is 0. The zero-order chi connectivity index (χ0) is 69.8. The van der Waals surface area contributed by atoms with Crippen molar-refractivity contribution in [2.75, 3.05) is 39.6 Å². The van der Waals surface area contributed by atoms with Crippen LogP contribution in [-0.4, -0.2) is 96.7 Å². The third-order valence-electron chi connectivity index (χ3n) is 17.2. The van der Waals surface area contributed by atoms with Crippen molar-refractivity contribution in [2.24, 2.45) is 5.92 Å². The molecule has 0 aliphatic rings. The maximum Gasteiger partial charge on any atom is 0.472 e. The number of carbonyl (C=O) groups is 4. The van der Waals surface area contributed by atoms with Gasteiger partial charge in [0.05, 0.1) is 26.4 Å². The number of rotatable bonds is 74. The van der Waals surface area contributed by atoms with Crippen LogP contribution in [0.5, 0.6) is 0 Å². The second kappa shape index (κ2) is 68.7. The molecule has 0 amide bonds. The summed E-state index contributed by atoms with van der Waals surface area (Å²) in [5, 5.41) is 10.6. The van der Waals surface area contributed by atoms with Crippen molar-refractivity contribution in [3.05, 3.63) is 24.3 Å². The molecule has 0 saturated heterocycles. The Labute approximate surface area is 580 Å². The highest BCUT2D eigenvalue weighted by molar-refractivity contribution is 7.47. The molecule has 17 nitrogen and oxygen atoms in total. The van der Waals surface area contributed by atoms with E-state index in [4.69, 9.17) is 37.0 Å². The zero-order valence-electron chi connectivity index (χ0n) is 61.3. The molecule has 0 bridgehead atoms. The fourth-order valence-corrected chi connectivity index (χ4v) is 12.7. The van der Waals surface area contributed by atoms with Gasteiger partial charge in [-0.3, -0.25) is 37.3 Å². The van der Waals surface area contributed by atoms with Crippen LogP contribution in [-0.2, 0) is 65.4 Å². The number of carbonyl (C=O) groups excluding carboxylic acids is 4. The van der Waals surface area contributed by atoms with E-state index in [9.17, 15) is 43.2 Å². The van der Waals surface area contributed by atoms with Crippen molar-refractivity contribution in [2.45, 2.75) is 393 Å². The summed E-state index contributed by atoms with van der Waals surface area (Å²) in [6.07, 6.45) is 60.6. The Morgan fingerprint density at radius 1 is 0.326 bits per heavy atom. The average Bonchev–Trinajstić information content (AvgIpc) is 1.34. The van der Waals surface area contributed by atoms with Gasteiger partial charge in [0.25, 0.3) is 0 Å². The topological polar surface area (TPSA) is 237 Å². The summed E-state index contributed by atoms with van der Waals surface area (Å²) in [4.78, 5) is 72.6. The minimum absolute atomic E-state index is 0.102. The largest absolute Gasteiger partial charge is 0.472 e. The average molecular weight is 1390 g/mol. The Hall–Kier alpha value is -2.46. The highest BCUT2D eigenvalue weighted by atomic mass is 31.2. The fraction of sp³-hybridized carbons (Fsp3) is 0.895. The molecule has 0 spiro atoms. The lowest BCUT2D eigenvalue weighted by Crippen LogP contribution is -2.30. The molecule has 19 heteroatoms. The first-order chi connectivity index (χ1) is 46.0. The van der Waals surface area contributed by atoms with Crippen LogP contribution >= 0.6 is 15.6 Å². The predicted molar refractivity (Wildman–Crippen MR) is 386 cm³/mol. The van der Waals surface area contributed by atoms with E-state index in [1.54, 1.807) is 0 Å². The van der Waals surface area contributed by atoms with Gasteiger partial charge in [-0.2, -0.15) is 0 Å². The van der Waals surface area contributed by atoms with E-state index in [-0.39, 0.29) is 25.7 Å². The first-order valence-corrected chi connectivity index (χ1v) is 41.9. The van der Waals surface area contributed by atoms with Crippen LogP contribution in [0.1, 0.15) is 375 Å². The van der Waals surface area contributed by atoms with Crippen molar-refractivity contribution in [1.29, 1.82) is 0 Å². The Bertz CT molecular complexity index is 1920. The molecule has 3 N–H and O–H groups in total. The normalized spacial score (nSPS) is 14.1. The molecule has 2 unspecified atom stereocenters. The van der Waals surface area contributed by atoms with Crippen molar-refractivity contribution < 1.29 is 80.2 Å². The van der Waals surface area contributed by atoms with Gasteiger partial charge >= 0.3 is 39.5 Å². The number of aliphatic hydroxyl groups excluding tert-OH is 1. The Kier molecular flexibility index (Phi) is 66.9. The van der Waals surface area contributed by atoms with Gasteiger partial charge in [0.15, 0.2) is 12.2 Å². The van der Waals surface area contributed by atoms with Gasteiger partial charge in [-0.15, -0.1) is 0 Å². The van der Waals surface area contributed by atoms with Gasteiger partial charge in [0.1, 0.15) is 19.3 Å². The minimum atomic E-state index is -4.96. The maximum absolute atomic E-state index is 13.1. The first kappa shape index (κ1) is 92.5. The van der Waals surface area contributed by atoms with Crippen LogP contribution in [0.15, 0.2) is 24.3 Å². The SMILES string of the molecule is CCCCCC/C=C\C=C/CCCCCCCC(=O)OC[C@H](COP(=O)(O)OC[C@@H](O)COP(=O)(O)OC[C@@H](COC(=O)CCCCCCCCCC)OC(=O)CCCCCCCCCCCCC)OC(=O)CCCCCCCCCCCCCCCCCCCCC(C)C. The quantitative estimate of drug-likeness (QED) is 0.0169. The third kappa shape index (κ3) is 69.8. The molecular weight excluding hydrogens is 1250 g/mol. The number of esters is 4. The number of unbranched alkanes of at least 4 members (excludes halogenated alkanes) is 43. The van der Waals surface area contributed by atoms with Crippen LogP contribution in [0, 0.1) is 5.92 Å². The van der Waals surface area contributed by atoms with Crippen LogP contribution in [0.3, 0.4) is 0 Å². The monoisotopic (exact) mass is 1390 g/mol. The number of aliphatic hydroxyl groups is 1. The van der Waals surface area contributed by atoms with Crippen LogP contribution < -0.4 is 0 Å². The van der Waals surface area contributed by atoms with E-state index in [1.165, 1.54) is 173 Å². The number of phosphoric acid groups is 2. The number of hydrogen-bond donors (Lipinski definition) is 3. The third-order valence-corrected chi connectivity index (χ3v) is 19.1. The lowest BCUT2D eigenvalue weighted by molar-refractivity contribution is -0.161. The van der Waals surface area contributed by atoms with Gasteiger partial charge in [-0.1, -0.05) is 322 Å². The van der Waals surface area contributed by atoms with Crippen LogP contribution in [0.2, 0.25) is 0 Å². The Morgan fingerprint density at radius 2 is 0.568 bits per heavy atom. The molecule has 0 rings (SSSR count). The molecule has 560 valence electrons. The molecule has 0 aromatic rings. The Balaban J connectivity index is 5.21. The van der Waals surface area contributed by atoms with E-state index >= 15 is 0 Å². The highest BCUT2D eigenvalue weighted by Gasteiger charge is 2.30. The second-order valence-corrected chi connectivity index (χ2v) is 30.1. The number of hydrogen-bond acceptors (Lipinski definition) is 15. The van der Waals surface area contributed by atoms with E-state index in [2.05, 4.69) is 58.9 Å². The second-order valence-electron chi connectivity index (χ2n) is 27.2. The maximum atomic E-state index is 13.1. The van der Waals surface area contributed by atoms with E-state index in [0.717, 1.165) is 121 Å². The summed E-state index contributed by atoms with van der Waals surface area (Å²) in [6.45, 7) is 7.23. The van der Waals surface area contributed by atoms with Crippen LogP contribution in [0.4, 0.5) is 0 Å². The van der Waals surface area contributed by atoms with E-state index < -0.39 is 97.5 Å². The molecule has 0 heterocycles. The summed E-state index contributed by atoms with van der Waals surface area (Å²) in [5.74, 6) is -1.33. The number of phosphoric ester groups is 2. The molecule has 0 fully saturated rings. The minimum Gasteiger partial charge on any atom is -0.462 e. The zero-order valence-corrected chi connectivity index (χ0v) is 63.1. The fourth-order valence-electron chi connectivity index (χ4n) is 11.2. The molecule has 0 saturated carbocycles. The lowest BCUT2D eigenvalue weighted by atomic mass is 10.0. The first-order valence-electron chi connectivity index (χ1n) is 39.0. The molecule has 0 aliphatic carbocycles. The van der Waals surface area contributed by atoms with Crippen molar-refractivity contribution in [3.8, 4) is 0 Å². The molecular formula is C76H144O17P2. The highest BCUT2D eigenvalue weighted by Crippen LogP contribution is 2.45. The van der Waals surface area contributed by atoms with Gasteiger partial charge < -0.3 is 33.8 Å². The lowest BCUT2D eigenvalue weighted by Gasteiger charge is -2.21. The van der Waals surface area contributed by atoms with Crippen LogP contribution in [0.25, 0.3) is 0 Å². The Morgan fingerprint density at radius 3 is 0.863 bits per heavy atom. The summed E-state index contributed by atoms with van der Waals surface area (Å²) >= 11 is 0. The number of ether oxygens (including phenoxy) is 4. The van der Waals surface area contributed by atoms with Crippen molar-refractivity contribution >= 4 is 39.5 Å². The van der Waals surface area contributed by atoms with E-state index in [1.807, 2.05) is 0 Å². The van der Waals surface area contributed by atoms with Gasteiger partial charge in [0.2, 0.25) is 0 Å². The smallest absolute Gasteiger partial charge is 0.462 e. The molecule has 95 heavy (non-hydrogen) atoms.